The Bertz CT molecular complexity index is 229. The van der Waals surface area contributed by atoms with Gasteiger partial charge in [0.15, 0.2) is 0 Å². The van der Waals surface area contributed by atoms with E-state index in [4.69, 9.17) is 10.9 Å². The summed E-state index contributed by atoms with van der Waals surface area (Å²) in [7, 11) is 0. The Hall–Kier alpha value is -0.770. The number of piperidine rings is 1. The summed E-state index contributed by atoms with van der Waals surface area (Å²) in [6.45, 7) is 2.39. The number of fused-ring (bicyclic) bond motifs is 2. The number of hydrogen-bond acceptors (Lipinski definition) is 3. The molecule has 4 heteroatoms. The molecule has 0 radical (unpaired) electrons. The monoisotopic (exact) mass is 197 g/mol. The van der Waals surface area contributed by atoms with Gasteiger partial charge in [-0.05, 0) is 38.1 Å². The quantitative estimate of drug-likeness (QED) is 0.306. The van der Waals surface area contributed by atoms with Crippen molar-refractivity contribution in [3.63, 3.8) is 0 Å². The van der Waals surface area contributed by atoms with Gasteiger partial charge < -0.3 is 15.8 Å². The third-order valence-corrected chi connectivity index (χ3v) is 3.53. The SMILES string of the molecule is NC(CCCN1CC2CCC1C2)=NO. The summed E-state index contributed by atoms with van der Waals surface area (Å²) in [6, 6.07) is 0.840. The maximum Gasteiger partial charge on any atom is 0.139 e. The maximum atomic E-state index is 8.38. The lowest BCUT2D eigenvalue weighted by Gasteiger charge is -2.26. The summed E-state index contributed by atoms with van der Waals surface area (Å²) in [4.78, 5) is 2.57. The van der Waals surface area contributed by atoms with Gasteiger partial charge in [-0.15, -0.1) is 0 Å². The summed E-state index contributed by atoms with van der Waals surface area (Å²) >= 11 is 0. The van der Waals surface area contributed by atoms with E-state index >= 15 is 0 Å². The molecule has 1 saturated carbocycles. The fourth-order valence-electron chi connectivity index (χ4n) is 2.81. The number of nitrogens with two attached hydrogens (primary N) is 1. The van der Waals surface area contributed by atoms with E-state index in [-0.39, 0.29) is 0 Å². The van der Waals surface area contributed by atoms with Crippen LogP contribution in [-0.2, 0) is 0 Å². The van der Waals surface area contributed by atoms with Crippen molar-refractivity contribution in [2.24, 2.45) is 16.8 Å². The molecule has 4 nitrogen and oxygen atoms in total. The topological polar surface area (TPSA) is 61.8 Å². The van der Waals surface area contributed by atoms with Crippen LogP contribution >= 0.6 is 0 Å². The van der Waals surface area contributed by atoms with Crippen LogP contribution < -0.4 is 5.73 Å². The summed E-state index contributed by atoms with van der Waals surface area (Å²) in [6.07, 6.45) is 5.95. The van der Waals surface area contributed by atoms with Crippen LogP contribution in [0.25, 0.3) is 0 Å². The highest BCUT2D eigenvalue weighted by Gasteiger charge is 2.36. The van der Waals surface area contributed by atoms with Crippen LogP contribution in [0.15, 0.2) is 5.16 Å². The van der Waals surface area contributed by atoms with E-state index in [0.29, 0.717) is 12.3 Å². The fraction of sp³-hybridized carbons (Fsp3) is 0.900. The standard InChI is InChI=1S/C10H19N3O/c11-10(12-14)2-1-5-13-7-8-3-4-9(13)6-8/h8-9,14H,1-7H2,(H2,11,12). The maximum absolute atomic E-state index is 8.38. The smallest absolute Gasteiger partial charge is 0.139 e. The van der Waals surface area contributed by atoms with Crippen LogP contribution in [0.1, 0.15) is 32.1 Å². The molecule has 0 amide bonds. The van der Waals surface area contributed by atoms with Crippen LogP contribution in [0.4, 0.5) is 0 Å². The van der Waals surface area contributed by atoms with Gasteiger partial charge in [-0.25, -0.2) is 0 Å². The minimum Gasteiger partial charge on any atom is -0.409 e. The average Bonchev–Trinajstić information content (AvgIpc) is 2.79. The van der Waals surface area contributed by atoms with E-state index in [1.807, 2.05) is 0 Å². The van der Waals surface area contributed by atoms with Crippen molar-refractivity contribution in [1.29, 1.82) is 0 Å². The fourth-order valence-corrected chi connectivity index (χ4v) is 2.81. The van der Waals surface area contributed by atoms with E-state index in [9.17, 15) is 0 Å². The molecule has 2 atom stereocenters. The highest BCUT2D eigenvalue weighted by Crippen LogP contribution is 2.37. The van der Waals surface area contributed by atoms with Gasteiger partial charge in [0.1, 0.15) is 5.84 Å². The summed E-state index contributed by atoms with van der Waals surface area (Å²) in [5, 5.41) is 11.4. The second-order valence-corrected chi connectivity index (χ2v) is 4.52. The number of likely N-dealkylation sites (tertiary alicyclic amines) is 1. The summed E-state index contributed by atoms with van der Waals surface area (Å²) < 4.78 is 0. The predicted octanol–water partition coefficient (Wildman–Crippen LogP) is 0.997. The van der Waals surface area contributed by atoms with Crippen molar-refractivity contribution in [1.82, 2.24) is 4.90 Å². The van der Waals surface area contributed by atoms with Crippen LogP contribution in [-0.4, -0.2) is 35.1 Å². The molecule has 0 aromatic heterocycles. The summed E-state index contributed by atoms with van der Waals surface area (Å²) in [5.41, 5.74) is 5.42. The molecular formula is C10H19N3O. The molecule has 1 saturated heterocycles. The Morgan fingerprint density at radius 3 is 2.93 bits per heavy atom. The molecule has 2 rings (SSSR count). The highest BCUT2D eigenvalue weighted by atomic mass is 16.4. The second kappa shape index (κ2) is 4.17. The molecule has 0 aromatic carbocycles. The van der Waals surface area contributed by atoms with Crippen molar-refractivity contribution >= 4 is 5.84 Å². The zero-order valence-corrected chi connectivity index (χ0v) is 8.52. The molecule has 2 bridgehead atoms. The van der Waals surface area contributed by atoms with E-state index in [0.717, 1.165) is 24.9 Å². The van der Waals surface area contributed by atoms with Crippen LogP contribution in [0.2, 0.25) is 0 Å². The van der Waals surface area contributed by atoms with Gasteiger partial charge in [0, 0.05) is 19.0 Å². The molecule has 2 aliphatic rings. The number of nitrogens with zero attached hydrogens (tertiary/aromatic N) is 2. The second-order valence-electron chi connectivity index (χ2n) is 4.52. The summed E-state index contributed by atoms with van der Waals surface area (Å²) in [5.74, 6) is 1.32. The number of oxime groups is 1. The lowest BCUT2D eigenvalue weighted by atomic mass is 10.1. The highest BCUT2D eigenvalue weighted by molar-refractivity contribution is 5.79. The molecule has 2 unspecified atom stereocenters. The lowest BCUT2D eigenvalue weighted by Crippen LogP contribution is -2.33. The van der Waals surface area contributed by atoms with Crippen LogP contribution in [0, 0.1) is 5.92 Å². The molecule has 1 heterocycles. The average molecular weight is 197 g/mol. The Morgan fingerprint density at radius 2 is 2.36 bits per heavy atom. The van der Waals surface area contributed by atoms with Crippen molar-refractivity contribution in [3.8, 4) is 0 Å². The zero-order chi connectivity index (χ0) is 9.97. The van der Waals surface area contributed by atoms with E-state index in [2.05, 4.69) is 10.1 Å². The first kappa shape index (κ1) is 9.77. The molecule has 1 aliphatic carbocycles. The Kier molecular flexibility index (Phi) is 2.91. The molecule has 3 N–H and O–H groups in total. The molecule has 0 aromatic rings. The minimum atomic E-state index is 0.356. The number of rotatable bonds is 4. The molecular weight excluding hydrogens is 178 g/mol. The molecule has 14 heavy (non-hydrogen) atoms. The first-order valence-electron chi connectivity index (χ1n) is 5.50. The van der Waals surface area contributed by atoms with Crippen LogP contribution in [0.3, 0.4) is 0 Å². The molecule has 1 aliphatic heterocycles. The Balaban J connectivity index is 1.67. The molecule has 80 valence electrons. The minimum absolute atomic E-state index is 0.356. The molecule has 2 fully saturated rings. The lowest BCUT2D eigenvalue weighted by molar-refractivity contribution is 0.212. The largest absolute Gasteiger partial charge is 0.409 e. The number of amidine groups is 1. The normalized spacial score (nSPS) is 32.7. The third-order valence-electron chi connectivity index (χ3n) is 3.53. The van der Waals surface area contributed by atoms with Gasteiger partial charge in [0.25, 0.3) is 0 Å². The van der Waals surface area contributed by atoms with Gasteiger partial charge in [-0.3, -0.25) is 0 Å². The van der Waals surface area contributed by atoms with E-state index in [1.54, 1.807) is 0 Å². The predicted molar refractivity (Wildman–Crippen MR) is 55.3 cm³/mol. The zero-order valence-electron chi connectivity index (χ0n) is 8.52. The van der Waals surface area contributed by atoms with Crippen molar-refractivity contribution < 1.29 is 5.21 Å². The van der Waals surface area contributed by atoms with Gasteiger partial charge in [0.05, 0.1) is 0 Å². The first-order valence-corrected chi connectivity index (χ1v) is 5.50. The van der Waals surface area contributed by atoms with Crippen molar-refractivity contribution in [2.45, 2.75) is 38.1 Å². The van der Waals surface area contributed by atoms with Gasteiger partial charge in [-0.1, -0.05) is 5.16 Å². The van der Waals surface area contributed by atoms with Crippen molar-refractivity contribution in [2.75, 3.05) is 13.1 Å². The van der Waals surface area contributed by atoms with E-state index in [1.165, 1.54) is 25.8 Å². The van der Waals surface area contributed by atoms with Crippen molar-refractivity contribution in [3.05, 3.63) is 0 Å². The Morgan fingerprint density at radius 1 is 1.50 bits per heavy atom. The van der Waals surface area contributed by atoms with Gasteiger partial charge in [-0.2, -0.15) is 0 Å². The number of hydrogen-bond donors (Lipinski definition) is 2. The van der Waals surface area contributed by atoms with Crippen LogP contribution in [0.5, 0.6) is 0 Å². The molecule has 0 spiro atoms. The Labute approximate surface area is 84.8 Å². The van der Waals surface area contributed by atoms with E-state index < -0.39 is 0 Å². The first-order chi connectivity index (χ1) is 6.79. The van der Waals surface area contributed by atoms with Gasteiger partial charge in [0.2, 0.25) is 0 Å². The van der Waals surface area contributed by atoms with Gasteiger partial charge >= 0.3 is 0 Å². The third kappa shape index (κ3) is 2.00.